The van der Waals surface area contributed by atoms with Gasteiger partial charge in [0.25, 0.3) is 0 Å². The fourth-order valence-electron chi connectivity index (χ4n) is 4.86. The van der Waals surface area contributed by atoms with E-state index in [1.54, 1.807) is 12.4 Å². The van der Waals surface area contributed by atoms with Gasteiger partial charge in [0, 0.05) is 65.6 Å². The van der Waals surface area contributed by atoms with Crippen molar-refractivity contribution in [3.63, 3.8) is 0 Å². The van der Waals surface area contributed by atoms with Crippen LogP contribution in [-0.4, -0.2) is 37.3 Å². The number of aromatic amines is 2. The monoisotopic (exact) mass is 718 g/mol. The number of H-pyrrole nitrogens is 2. The smallest absolute Gasteiger partial charge is 0.250 e. The summed E-state index contributed by atoms with van der Waals surface area (Å²) in [6.45, 7) is 0. The molecule has 0 spiro atoms. The van der Waals surface area contributed by atoms with Crippen molar-refractivity contribution in [2.45, 2.75) is 0 Å². The fourth-order valence-corrected chi connectivity index (χ4v) is 5.58. The number of nitrogens with one attached hydrogen (secondary N) is 4. The van der Waals surface area contributed by atoms with Crippen LogP contribution in [0.15, 0.2) is 129 Å². The summed E-state index contributed by atoms with van der Waals surface area (Å²) in [5.41, 5.74) is 11.6. The lowest BCUT2D eigenvalue weighted by molar-refractivity contribution is 0.991. The second-order valence-electron chi connectivity index (χ2n) is 9.90. The molecule has 4 N–H and O–H groups in total. The standard InChI is InChI=1S/C33H24Br2N10/c34-23-11-13-29-27(15-23)21(17-36-29)19-38-43-31-40-32(44-39-20-22-18-37-30-14-12-24(35)16-28(22)30)42-33(41-31)45(25-7-3-1-4-8-25)26-9-5-2-6-10-26/h1-20,36-37H,(H2,40,41,42,43,44)/b38-19+,39-20+. The number of para-hydroxylation sites is 2. The van der Waals surface area contributed by atoms with Gasteiger partial charge in [-0.25, -0.2) is 10.9 Å². The molecule has 0 unspecified atom stereocenters. The van der Waals surface area contributed by atoms with Gasteiger partial charge >= 0.3 is 0 Å². The minimum atomic E-state index is 0.239. The van der Waals surface area contributed by atoms with Crippen LogP contribution >= 0.6 is 31.9 Å². The molecule has 45 heavy (non-hydrogen) atoms. The molecule has 10 nitrogen and oxygen atoms in total. The molecule has 7 rings (SSSR count). The number of rotatable bonds is 9. The van der Waals surface area contributed by atoms with Gasteiger partial charge in [0.15, 0.2) is 0 Å². The van der Waals surface area contributed by atoms with Crippen LogP contribution in [0.3, 0.4) is 0 Å². The van der Waals surface area contributed by atoms with E-state index in [2.05, 4.69) is 67.9 Å². The zero-order valence-electron chi connectivity index (χ0n) is 23.5. The molecular weight excluding hydrogens is 696 g/mol. The lowest BCUT2D eigenvalue weighted by Gasteiger charge is -2.23. The van der Waals surface area contributed by atoms with E-state index >= 15 is 0 Å². The van der Waals surface area contributed by atoms with Crippen LogP contribution in [-0.2, 0) is 0 Å². The van der Waals surface area contributed by atoms with Gasteiger partial charge < -0.3 is 9.97 Å². The summed E-state index contributed by atoms with van der Waals surface area (Å²) >= 11 is 7.09. The van der Waals surface area contributed by atoms with Crippen LogP contribution in [0.4, 0.5) is 29.2 Å². The Morgan fingerprint density at radius 2 is 1.07 bits per heavy atom. The molecule has 0 fully saturated rings. The van der Waals surface area contributed by atoms with Crippen molar-refractivity contribution in [1.82, 2.24) is 24.9 Å². The SMILES string of the molecule is Brc1ccc2[nH]cc(/C=N/Nc3nc(N/N=C/c4c[nH]c5ccc(Br)cc45)nc(N(c4ccccc4)c4ccccc4)n3)c2c1. The van der Waals surface area contributed by atoms with Crippen LogP contribution in [0, 0.1) is 0 Å². The minimum absolute atomic E-state index is 0.239. The molecule has 0 saturated heterocycles. The van der Waals surface area contributed by atoms with Crippen LogP contribution in [0.25, 0.3) is 21.8 Å². The summed E-state index contributed by atoms with van der Waals surface area (Å²) in [5.74, 6) is 0.857. The average Bonchev–Trinajstić information content (AvgIpc) is 3.65. The van der Waals surface area contributed by atoms with Gasteiger partial charge in [0.1, 0.15) is 0 Å². The van der Waals surface area contributed by atoms with Gasteiger partial charge in [0.05, 0.1) is 12.4 Å². The van der Waals surface area contributed by atoms with Crippen LogP contribution in [0.1, 0.15) is 11.1 Å². The Kier molecular flexibility index (Phi) is 8.04. The van der Waals surface area contributed by atoms with E-state index in [9.17, 15) is 0 Å². The summed E-state index contributed by atoms with van der Waals surface area (Å²) in [4.78, 5) is 22.5. The molecule has 3 heterocycles. The van der Waals surface area contributed by atoms with Gasteiger partial charge in [-0.05, 0) is 60.7 Å². The predicted octanol–water partition coefficient (Wildman–Crippen LogP) is 8.72. The van der Waals surface area contributed by atoms with Crippen molar-refractivity contribution >= 4 is 95.3 Å². The lowest BCUT2D eigenvalue weighted by atomic mass is 10.2. The summed E-state index contributed by atoms with van der Waals surface area (Å²) in [7, 11) is 0. The number of aromatic nitrogens is 5. The Balaban J connectivity index is 1.24. The van der Waals surface area contributed by atoms with E-state index in [1.807, 2.05) is 114 Å². The largest absolute Gasteiger partial charge is 0.361 e. The first-order valence-electron chi connectivity index (χ1n) is 13.9. The molecule has 0 aliphatic rings. The molecule has 0 saturated carbocycles. The molecule has 3 aromatic heterocycles. The number of hydrazone groups is 2. The number of nitrogens with zero attached hydrogens (tertiary/aromatic N) is 6. The predicted molar refractivity (Wildman–Crippen MR) is 189 cm³/mol. The average molecular weight is 720 g/mol. The second kappa shape index (κ2) is 12.7. The van der Waals surface area contributed by atoms with Crippen molar-refractivity contribution in [3.05, 3.63) is 130 Å². The Hall–Kier alpha value is -5.33. The highest BCUT2D eigenvalue weighted by Gasteiger charge is 2.18. The highest BCUT2D eigenvalue weighted by atomic mass is 79.9. The van der Waals surface area contributed by atoms with E-state index < -0.39 is 0 Å². The van der Waals surface area contributed by atoms with Crippen molar-refractivity contribution in [2.75, 3.05) is 15.8 Å². The maximum atomic E-state index is 4.75. The van der Waals surface area contributed by atoms with Crippen molar-refractivity contribution in [3.8, 4) is 0 Å². The summed E-state index contributed by atoms with van der Waals surface area (Å²) in [6.07, 6.45) is 7.25. The number of fused-ring (bicyclic) bond motifs is 2. The molecule has 0 atom stereocenters. The third-order valence-electron chi connectivity index (χ3n) is 6.94. The zero-order valence-corrected chi connectivity index (χ0v) is 26.7. The number of hydrogen-bond donors (Lipinski definition) is 4. The van der Waals surface area contributed by atoms with Crippen molar-refractivity contribution in [2.24, 2.45) is 10.2 Å². The van der Waals surface area contributed by atoms with E-state index in [1.165, 1.54) is 0 Å². The fraction of sp³-hybridized carbons (Fsp3) is 0. The molecule has 0 radical (unpaired) electrons. The highest BCUT2D eigenvalue weighted by Crippen LogP contribution is 2.32. The number of halogens is 2. The topological polar surface area (TPSA) is 122 Å². The Morgan fingerprint density at radius 3 is 1.53 bits per heavy atom. The second-order valence-corrected chi connectivity index (χ2v) is 11.7. The minimum Gasteiger partial charge on any atom is -0.361 e. The highest BCUT2D eigenvalue weighted by molar-refractivity contribution is 9.10. The first kappa shape index (κ1) is 28.4. The number of benzene rings is 4. The van der Waals surface area contributed by atoms with E-state index in [-0.39, 0.29) is 11.9 Å². The first-order valence-corrected chi connectivity index (χ1v) is 15.5. The molecule has 0 aliphatic heterocycles. The van der Waals surface area contributed by atoms with Gasteiger partial charge in [-0.2, -0.15) is 25.2 Å². The Morgan fingerprint density at radius 1 is 0.600 bits per heavy atom. The van der Waals surface area contributed by atoms with Crippen LogP contribution in [0.5, 0.6) is 0 Å². The summed E-state index contributed by atoms with van der Waals surface area (Å²) < 4.78 is 1.97. The van der Waals surface area contributed by atoms with Crippen LogP contribution in [0.2, 0.25) is 0 Å². The third-order valence-corrected chi connectivity index (χ3v) is 7.93. The molecule has 0 bridgehead atoms. The lowest BCUT2D eigenvalue weighted by Crippen LogP contribution is -2.16. The van der Waals surface area contributed by atoms with E-state index in [4.69, 9.17) is 9.97 Å². The molecule has 4 aromatic carbocycles. The normalized spacial score (nSPS) is 11.6. The van der Waals surface area contributed by atoms with Crippen LogP contribution < -0.4 is 15.8 Å². The first-order chi connectivity index (χ1) is 22.1. The van der Waals surface area contributed by atoms with E-state index in [0.717, 1.165) is 53.3 Å². The summed E-state index contributed by atoms with van der Waals surface area (Å²) in [5, 5.41) is 11.0. The maximum absolute atomic E-state index is 4.75. The van der Waals surface area contributed by atoms with Gasteiger partial charge in [-0.15, -0.1) is 0 Å². The molecule has 7 aromatic rings. The van der Waals surface area contributed by atoms with Crippen molar-refractivity contribution in [1.29, 1.82) is 0 Å². The number of anilines is 5. The maximum Gasteiger partial charge on any atom is 0.250 e. The van der Waals surface area contributed by atoms with Gasteiger partial charge in [0.2, 0.25) is 17.8 Å². The van der Waals surface area contributed by atoms with Gasteiger partial charge in [-0.3, -0.25) is 4.90 Å². The van der Waals surface area contributed by atoms with Crippen molar-refractivity contribution < 1.29 is 0 Å². The molecule has 220 valence electrons. The molecule has 0 amide bonds. The molecule has 12 heteroatoms. The number of hydrogen-bond acceptors (Lipinski definition) is 8. The van der Waals surface area contributed by atoms with Gasteiger partial charge in [-0.1, -0.05) is 68.3 Å². The third kappa shape index (κ3) is 6.33. The molecular formula is C33H24Br2N10. The summed E-state index contributed by atoms with van der Waals surface area (Å²) in [6, 6.07) is 31.9. The quantitative estimate of drug-likeness (QED) is 0.0875. The zero-order chi connectivity index (χ0) is 30.6. The van der Waals surface area contributed by atoms with E-state index in [0.29, 0.717) is 5.95 Å². The Labute approximate surface area is 274 Å². The Bertz CT molecular complexity index is 2010. The molecule has 0 aliphatic carbocycles.